The number of nitrogens with zero attached hydrogens (tertiary/aromatic N) is 6. The van der Waals surface area contributed by atoms with E-state index in [-0.39, 0.29) is 11.9 Å². The second-order valence-electron chi connectivity index (χ2n) is 8.79. The van der Waals surface area contributed by atoms with Crippen LogP contribution in [0.2, 0.25) is 0 Å². The van der Waals surface area contributed by atoms with E-state index in [1.807, 2.05) is 13.8 Å². The molecule has 3 aromatic rings. The Morgan fingerprint density at radius 1 is 1.06 bits per heavy atom. The number of benzene rings is 1. The van der Waals surface area contributed by atoms with Crippen LogP contribution in [0.25, 0.3) is 11.3 Å². The molecule has 0 spiro atoms. The molecule has 0 atom stereocenters. The summed E-state index contributed by atoms with van der Waals surface area (Å²) in [7, 11) is 2.70. The van der Waals surface area contributed by atoms with Crippen LogP contribution in [0.3, 0.4) is 0 Å². The molecule has 0 bridgehead atoms. The van der Waals surface area contributed by atoms with E-state index in [4.69, 9.17) is 0 Å². The van der Waals surface area contributed by atoms with E-state index in [0.29, 0.717) is 36.3 Å². The highest BCUT2D eigenvalue weighted by Gasteiger charge is 2.40. The van der Waals surface area contributed by atoms with Gasteiger partial charge in [0.05, 0.1) is 17.5 Å². The summed E-state index contributed by atoms with van der Waals surface area (Å²) >= 11 is 0. The van der Waals surface area contributed by atoms with Gasteiger partial charge in [0.1, 0.15) is 5.82 Å². The average molecular weight is 491 g/mol. The summed E-state index contributed by atoms with van der Waals surface area (Å²) < 4.78 is 54.2. The maximum atomic E-state index is 13.4. The molecule has 0 saturated carbocycles. The molecule has 7 nitrogen and oxygen atoms in total. The van der Waals surface area contributed by atoms with Crippen molar-refractivity contribution in [1.29, 1.82) is 0 Å². The molecule has 1 aromatic carbocycles. The molecule has 1 amide bonds. The lowest BCUT2D eigenvalue weighted by Crippen LogP contribution is -2.46. The van der Waals surface area contributed by atoms with Crippen molar-refractivity contribution in [3.05, 3.63) is 58.7 Å². The normalized spacial score (nSPS) is 14.9. The predicted molar refractivity (Wildman–Crippen MR) is 122 cm³/mol. The van der Waals surface area contributed by atoms with Crippen LogP contribution in [-0.2, 0) is 13.2 Å². The summed E-state index contributed by atoms with van der Waals surface area (Å²) in [6, 6.07) is 5.87. The summed E-state index contributed by atoms with van der Waals surface area (Å²) in [5.74, 6) is -0.288. The van der Waals surface area contributed by atoms with Crippen molar-refractivity contribution < 1.29 is 22.4 Å². The third-order valence-corrected chi connectivity index (χ3v) is 6.69. The standard InChI is InChI=1S/C24H26F4N6O/c1-14-15(2)22(31-30-20(14)16-5-7-17(25)8-6-16)34-11-9-18(10-12-34)32(3)23(35)19-13-29-33(4)21(19)24(26,27)28/h5-8,13,18H,9-12H2,1-4H3. The molecule has 0 radical (unpaired) electrons. The average Bonchev–Trinajstić information content (AvgIpc) is 3.23. The maximum Gasteiger partial charge on any atom is 0.433 e. The molecule has 3 heterocycles. The van der Waals surface area contributed by atoms with Crippen LogP contribution >= 0.6 is 0 Å². The number of carbonyl (C=O) groups excluding carboxylic acids is 1. The van der Waals surface area contributed by atoms with Crippen molar-refractivity contribution in [2.24, 2.45) is 7.05 Å². The van der Waals surface area contributed by atoms with Crippen LogP contribution in [-0.4, -0.2) is 57.0 Å². The summed E-state index contributed by atoms with van der Waals surface area (Å²) in [5, 5.41) is 12.4. The number of aryl methyl sites for hydroxylation is 1. The number of aromatic nitrogens is 4. The van der Waals surface area contributed by atoms with Crippen LogP contribution in [0.5, 0.6) is 0 Å². The molecule has 186 valence electrons. The molecule has 0 unspecified atom stereocenters. The Balaban J connectivity index is 1.47. The van der Waals surface area contributed by atoms with Crippen LogP contribution in [0.4, 0.5) is 23.4 Å². The first-order valence-corrected chi connectivity index (χ1v) is 11.2. The minimum Gasteiger partial charge on any atom is -0.355 e. The first-order valence-electron chi connectivity index (χ1n) is 11.2. The van der Waals surface area contributed by atoms with E-state index in [1.165, 1.54) is 31.1 Å². The van der Waals surface area contributed by atoms with E-state index >= 15 is 0 Å². The molecule has 35 heavy (non-hydrogen) atoms. The number of piperidine rings is 1. The quantitative estimate of drug-likeness (QED) is 0.508. The van der Waals surface area contributed by atoms with Gasteiger partial charge in [0.2, 0.25) is 0 Å². The van der Waals surface area contributed by atoms with Gasteiger partial charge >= 0.3 is 6.18 Å². The molecular formula is C24H26F4N6O. The Labute approximate surface area is 200 Å². The number of amides is 1. The summed E-state index contributed by atoms with van der Waals surface area (Å²) in [4.78, 5) is 16.3. The van der Waals surface area contributed by atoms with Crippen molar-refractivity contribution in [3.8, 4) is 11.3 Å². The summed E-state index contributed by atoms with van der Waals surface area (Å²) in [6.45, 7) is 5.05. The molecule has 1 aliphatic rings. The highest BCUT2D eigenvalue weighted by atomic mass is 19.4. The largest absolute Gasteiger partial charge is 0.433 e. The van der Waals surface area contributed by atoms with Gasteiger partial charge in [-0.2, -0.15) is 18.3 Å². The van der Waals surface area contributed by atoms with Gasteiger partial charge in [0.25, 0.3) is 5.91 Å². The van der Waals surface area contributed by atoms with Crippen LogP contribution in [0.1, 0.15) is 40.0 Å². The fourth-order valence-corrected chi connectivity index (χ4v) is 4.53. The number of anilines is 1. The Morgan fingerprint density at radius 2 is 1.69 bits per heavy atom. The first kappa shape index (κ1) is 24.6. The Hall–Kier alpha value is -3.50. The number of rotatable bonds is 4. The fourth-order valence-electron chi connectivity index (χ4n) is 4.53. The second-order valence-corrected chi connectivity index (χ2v) is 8.79. The third-order valence-electron chi connectivity index (χ3n) is 6.69. The zero-order valence-electron chi connectivity index (χ0n) is 19.9. The molecule has 2 aromatic heterocycles. The lowest BCUT2D eigenvalue weighted by Gasteiger charge is -2.37. The Bertz CT molecular complexity index is 1230. The number of hydrogen-bond acceptors (Lipinski definition) is 5. The highest BCUT2D eigenvalue weighted by Crippen LogP contribution is 2.33. The monoisotopic (exact) mass is 490 g/mol. The van der Waals surface area contributed by atoms with Crippen LogP contribution in [0, 0.1) is 19.7 Å². The molecular weight excluding hydrogens is 464 g/mol. The SMILES string of the molecule is Cc1c(-c2ccc(F)cc2)nnc(N2CCC(N(C)C(=O)c3cnn(C)c3C(F)(F)F)CC2)c1C. The van der Waals surface area contributed by atoms with E-state index in [2.05, 4.69) is 20.2 Å². The van der Waals surface area contributed by atoms with Gasteiger partial charge in [-0.3, -0.25) is 9.48 Å². The summed E-state index contributed by atoms with van der Waals surface area (Å²) in [6.07, 6.45) is -2.55. The van der Waals surface area contributed by atoms with Gasteiger partial charge in [-0.15, -0.1) is 10.2 Å². The van der Waals surface area contributed by atoms with Crippen molar-refractivity contribution in [1.82, 2.24) is 24.9 Å². The lowest BCUT2D eigenvalue weighted by molar-refractivity contribution is -0.144. The smallest absolute Gasteiger partial charge is 0.355 e. The van der Waals surface area contributed by atoms with Gasteiger partial charge in [-0.25, -0.2) is 4.39 Å². The molecule has 0 N–H and O–H groups in total. The molecule has 1 fully saturated rings. The van der Waals surface area contributed by atoms with Crippen molar-refractivity contribution >= 4 is 11.7 Å². The van der Waals surface area contributed by atoms with Crippen molar-refractivity contribution in [2.45, 2.75) is 38.9 Å². The van der Waals surface area contributed by atoms with Crippen molar-refractivity contribution in [2.75, 3.05) is 25.0 Å². The maximum absolute atomic E-state index is 13.4. The predicted octanol–water partition coefficient (Wildman–Crippen LogP) is 4.39. The number of halogens is 4. The third kappa shape index (κ3) is 4.71. The zero-order chi connectivity index (χ0) is 25.5. The molecule has 1 aliphatic heterocycles. The van der Waals surface area contributed by atoms with Crippen LogP contribution in [0.15, 0.2) is 30.5 Å². The van der Waals surface area contributed by atoms with E-state index in [1.54, 1.807) is 12.1 Å². The van der Waals surface area contributed by atoms with Gasteiger partial charge in [-0.05, 0) is 62.1 Å². The zero-order valence-corrected chi connectivity index (χ0v) is 19.9. The topological polar surface area (TPSA) is 67.2 Å². The highest BCUT2D eigenvalue weighted by molar-refractivity contribution is 5.95. The Morgan fingerprint density at radius 3 is 2.29 bits per heavy atom. The molecule has 11 heteroatoms. The molecule has 4 rings (SSSR count). The van der Waals surface area contributed by atoms with Gasteiger partial charge in [-0.1, -0.05) is 0 Å². The Kier molecular flexibility index (Phi) is 6.52. The lowest BCUT2D eigenvalue weighted by atomic mass is 10.0. The minimum atomic E-state index is -4.67. The van der Waals surface area contributed by atoms with E-state index < -0.39 is 23.3 Å². The molecule has 1 saturated heterocycles. The number of hydrogen-bond donors (Lipinski definition) is 0. The van der Waals surface area contributed by atoms with Gasteiger partial charge in [0.15, 0.2) is 11.5 Å². The van der Waals surface area contributed by atoms with E-state index in [0.717, 1.165) is 28.7 Å². The molecule has 0 aliphatic carbocycles. The summed E-state index contributed by atoms with van der Waals surface area (Å²) in [5.41, 5.74) is 1.86. The fraction of sp³-hybridized carbons (Fsp3) is 0.417. The number of alkyl halides is 3. The minimum absolute atomic E-state index is 0.215. The second kappa shape index (κ2) is 9.27. The first-order chi connectivity index (χ1) is 16.5. The van der Waals surface area contributed by atoms with Gasteiger partial charge < -0.3 is 9.80 Å². The van der Waals surface area contributed by atoms with E-state index in [9.17, 15) is 22.4 Å². The van der Waals surface area contributed by atoms with Gasteiger partial charge in [0, 0.05) is 38.8 Å². The van der Waals surface area contributed by atoms with Crippen LogP contribution < -0.4 is 4.90 Å². The number of carbonyl (C=O) groups is 1. The van der Waals surface area contributed by atoms with Crippen molar-refractivity contribution in [3.63, 3.8) is 0 Å².